The van der Waals surface area contributed by atoms with Gasteiger partial charge in [0.15, 0.2) is 0 Å². The second-order valence-corrected chi connectivity index (χ2v) is 4.67. The molecule has 0 aliphatic heterocycles. The molecule has 1 rings (SSSR count). The van der Waals surface area contributed by atoms with Gasteiger partial charge in [0.2, 0.25) is 0 Å². The maximum atomic E-state index is 11.2. The molecule has 2 unspecified atom stereocenters. The summed E-state index contributed by atoms with van der Waals surface area (Å²) in [6.45, 7) is 4.00. The van der Waals surface area contributed by atoms with Gasteiger partial charge >= 0.3 is 5.97 Å². The first-order valence-electron chi connectivity index (χ1n) is 5.79. The number of nitrogens with one attached hydrogen (secondary N) is 1. The van der Waals surface area contributed by atoms with Crippen LogP contribution in [0.3, 0.4) is 0 Å². The number of aliphatic carboxylic acids is 1. The van der Waals surface area contributed by atoms with Crippen LogP contribution in [0.1, 0.15) is 26.7 Å². The van der Waals surface area contributed by atoms with Gasteiger partial charge in [-0.3, -0.25) is 0 Å². The second-order valence-electron chi connectivity index (χ2n) is 4.23. The molecule has 0 aliphatic carbocycles. The molecule has 0 saturated heterocycles. The third-order valence-corrected chi connectivity index (χ3v) is 3.00. The molecule has 2 N–H and O–H groups in total. The van der Waals surface area contributed by atoms with Gasteiger partial charge in [-0.05, 0) is 36.6 Å². The smallest absolute Gasteiger partial charge is 0.326 e. The lowest BCUT2D eigenvalue weighted by Gasteiger charge is -2.22. The highest BCUT2D eigenvalue weighted by atomic mass is 35.5. The summed E-state index contributed by atoms with van der Waals surface area (Å²) in [5.41, 5.74) is 0.782. The Labute approximate surface area is 107 Å². The van der Waals surface area contributed by atoms with E-state index in [1.807, 2.05) is 6.92 Å². The lowest BCUT2D eigenvalue weighted by Crippen LogP contribution is -2.35. The zero-order valence-corrected chi connectivity index (χ0v) is 10.9. The number of hydrogen-bond acceptors (Lipinski definition) is 2. The van der Waals surface area contributed by atoms with E-state index in [9.17, 15) is 9.90 Å². The van der Waals surface area contributed by atoms with Crippen molar-refractivity contribution in [3.8, 4) is 0 Å². The van der Waals surface area contributed by atoms with Crippen LogP contribution in [0, 0.1) is 5.92 Å². The summed E-state index contributed by atoms with van der Waals surface area (Å²) in [5.74, 6) is -0.728. The van der Waals surface area contributed by atoms with Gasteiger partial charge < -0.3 is 10.4 Å². The summed E-state index contributed by atoms with van der Waals surface area (Å²) < 4.78 is 0. The van der Waals surface area contributed by atoms with E-state index in [0.717, 1.165) is 18.5 Å². The predicted molar refractivity (Wildman–Crippen MR) is 70.6 cm³/mol. The van der Waals surface area contributed by atoms with E-state index in [1.165, 1.54) is 0 Å². The molecule has 0 heterocycles. The Morgan fingerprint density at radius 3 is 2.47 bits per heavy atom. The molecule has 1 aromatic rings. The number of carboxylic acid groups (broad SMARTS) is 1. The average Bonchev–Trinajstić information content (AvgIpc) is 2.28. The molecule has 4 heteroatoms. The third kappa shape index (κ3) is 4.27. The number of carbonyl (C=O) groups is 1. The van der Waals surface area contributed by atoms with Gasteiger partial charge in [0.05, 0.1) is 0 Å². The van der Waals surface area contributed by atoms with E-state index >= 15 is 0 Å². The lowest BCUT2D eigenvalue weighted by molar-refractivity contribution is -0.139. The molecular formula is C13H18ClNO2. The van der Waals surface area contributed by atoms with Crippen LogP contribution in [0.25, 0.3) is 0 Å². The van der Waals surface area contributed by atoms with Crippen molar-refractivity contribution < 1.29 is 9.90 Å². The number of anilines is 1. The van der Waals surface area contributed by atoms with Crippen LogP contribution in [-0.4, -0.2) is 17.1 Å². The van der Waals surface area contributed by atoms with Crippen LogP contribution >= 0.6 is 11.6 Å². The first kappa shape index (κ1) is 13.8. The number of carboxylic acids is 1. The molecule has 0 saturated carbocycles. The number of rotatable bonds is 6. The standard InChI is InChI=1S/C13H18ClNO2/c1-3-4-9(2)12(13(16)17)15-11-7-5-10(14)6-8-11/h5-9,12,15H,3-4H2,1-2H3,(H,16,17). The van der Waals surface area contributed by atoms with Crippen molar-refractivity contribution in [1.82, 2.24) is 0 Å². The van der Waals surface area contributed by atoms with Gasteiger partial charge in [-0.25, -0.2) is 4.79 Å². The van der Waals surface area contributed by atoms with Gasteiger partial charge in [0.1, 0.15) is 6.04 Å². The molecule has 0 radical (unpaired) electrons. The van der Waals surface area contributed by atoms with Crippen molar-refractivity contribution in [2.24, 2.45) is 5.92 Å². The summed E-state index contributed by atoms with van der Waals surface area (Å²) in [4.78, 5) is 11.2. The zero-order chi connectivity index (χ0) is 12.8. The number of halogens is 1. The fourth-order valence-electron chi connectivity index (χ4n) is 1.80. The SMILES string of the molecule is CCCC(C)C(Nc1ccc(Cl)cc1)C(=O)O. The lowest BCUT2D eigenvalue weighted by atomic mass is 9.96. The van der Waals surface area contributed by atoms with Crippen LogP contribution in [0.5, 0.6) is 0 Å². The van der Waals surface area contributed by atoms with E-state index < -0.39 is 12.0 Å². The second kappa shape index (κ2) is 6.50. The monoisotopic (exact) mass is 255 g/mol. The Morgan fingerprint density at radius 1 is 1.41 bits per heavy atom. The van der Waals surface area contributed by atoms with Crippen LogP contribution in [-0.2, 0) is 4.79 Å². The van der Waals surface area contributed by atoms with E-state index in [1.54, 1.807) is 24.3 Å². The zero-order valence-electron chi connectivity index (χ0n) is 10.1. The fraction of sp³-hybridized carbons (Fsp3) is 0.462. The molecule has 0 bridgehead atoms. The minimum atomic E-state index is -0.819. The number of hydrogen-bond donors (Lipinski definition) is 2. The van der Waals surface area contributed by atoms with E-state index in [4.69, 9.17) is 11.6 Å². The summed E-state index contributed by atoms with van der Waals surface area (Å²) in [5, 5.41) is 12.9. The molecule has 0 fully saturated rings. The predicted octanol–water partition coefficient (Wildman–Crippen LogP) is 3.64. The van der Waals surface area contributed by atoms with Crippen LogP contribution < -0.4 is 5.32 Å². The highest BCUT2D eigenvalue weighted by Crippen LogP contribution is 2.19. The van der Waals surface area contributed by atoms with E-state index in [-0.39, 0.29) is 5.92 Å². The molecule has 0 spiro atoms. The van der Waals surface area contributed by atoms with E-state index in [2.05, 4.69) is 12.2 Å². The molecule has 0 aliphatic rings. The molecule has 3 nitrogen and oxygen atoms in total. The third-order valence-electron chi connectivity index (χ3n) is 2.75. The Bertz CT molecular complexity index is 364. The fourth-order valence-corrected chi connectivity index (χ4v) is 1.92. The highest BCUT2D eigenvalue weighted by molar-refractivity contribution is 6.30. The Kier molecular flexibility index (Phi) is 5.29. The Hall–Kier alpha value is -1.22. The first-order chi connectivity index (χ1) is 8.04. The van der Waals surface area contributed by atoms with Crippen molar-refractivity contribution >= 4 is 23.3 Å². The minimum absolute atomic E-state index is 0.0909. The van der Waals surface area contributed by atoms with Crippen molar-refractivity contribution in [2.75, 3.05) is 5.32 Å². The largest absolute Gasteiger partial charge is 0.480 e. The van der Waals surface area contributed by atoms with Gasteiger partial charge in [-0.1, -0.05) is 31.9 Å². The van der Waals surface area contributed by atoms with Gasteiger partial charge in [0, 0.05) is 10.7 Å². The summed E-state index contributed by atoms with van der Waals surface area (Å²) in [6, 6.07) is 6.50. The van der Waals surface area contributed by atoms with Crippen LogP contribution in [0.2, 0.25) is 5.02 Å². The molecule has 0 amide bonds. The van der Waals surface area contributed by atoms with Crippen LogP contribution in [0.4, 0.5) is 5.69 Å². The topological polar surface area (TPSA) is 49.3 Å². The van der Waals surface area contributed by atoms with E-state index in [0.29, 0.717) is 5.02 Å². The van der Waals surface area contributed by atoms with Gasteiger partial charge in [-0.15, -0.1) is 0 Å². The van der Waals surface area contributed by atoms with Crippen molar-refractivity contribution in [3.05, 3.63) is 29.3 Å². The van der Waals surface area contributed by atoms with Crippen molar-refractivity contribution in [1.29, 1.82) is 0 Å². The quantitative estimate of drug-likeness (QED) is 0.816. The van der Waals surface area contributed by atoms with Gasteiger partial charge in [0.25, 0.3) is 0 Å². The summed E-state index contributed by atoms with van der Waals surface area (Å²) >= 11 is 5.78. The van der Waals surface area contributed by atoms with Crippen molar-refractivity contribution in [3.63, 3.8) is 0 Å². The molecule has 1 aromatic carbocycles. The van der Waals surface area contributed by atoms with Crippen LogP contribution in [0.15, 0.2) is 24.3 Å². The first-order valence-corrected chi connectivity index (χ1v) is 6.17. The molecule has 2 atom stereocenters. The Balaban J connectivity index is 2.73. The van der Waals surface area contributed by atoms with Gasteiger partial charge in [-0.2, -0.15) is 0 Å². The minimum Gasteiger partial charge on any atom is -0.480 e. The molecule has 0 aromatic heterocycles. The summed E-state index contributed by atoms with van der Waals surface area (Å²) in [6.07, 6.45) is 1.87. The average molecular weight is 256 g/mol. The Morgan fingerprint density at radius 2 is 2.00 bits per heavy atom. The summed E-state index contributed by atoms with van der Waals surface area (Å²) in [7, 11) is 0. The maximum absolute atomic E-state index is 11.2. The molecule has 17 heavy (non-hydrogen) atoms. The number of benzene rings is 1. The molecule has 94 valence electrons. The van der Waals surface area contributed by atoms with Crippen molar-refractivity contribution in [2.45, 2.75) is 32.7 Å². The highest BCUT2D eigenvalue weighted by Gasteiger charge is 2.23. The molecular weight excluding hydrogens is 238 g/mol. The maximum Gasteiger partial charge on any atom is 0.326 e. The normalized spacial score (nSPS) is 14.1.